The fourth-order valence-corrected chi connectivity index (χ4v) is 6.30. The molecule has 3 fully saturated rings. The summed E-state index contributed by atoms with van der Waals surface area (Å²) >= 11 is 0. The third-order valence-corrected chi connectivity index (χ3v) is 9.19. The zero-order valence-corrected chi connectivity index (χ0v) is 27.7. The van der Waals surface area contributed by atoms with Gasteiger partial charge in [-0.1, -0.05) is 67.7 Å². The molecule has 0 spiro atoms. The number of primary amides is 1. The SMILES string of the molecule is CC[C@H]1CCN(C(=O)[C@@H](NC(=O)N[C@H](C(=O)N2CCCCC2)C(C)(C)C)C(C)(C)C)[C@@H]1C(=O)NC(CC1CC1)C(=O)C(N)=O. The highest BCUT2D eigenvalue weighted by atomic mass is 16.2. The lowest BCUT2D eigenvalue weighted by atomic mass is 9.84. The molecule has 5 atom stereocenters. The van der Waals surface area contributed by atoms with Crippen LogP contribution in [0.4, 0.5) is 4.79 Å². The van der Waals surface area contributed by atoms with Gasteiger partial charge < -0.3 is 31.5 Å². The van der Waals surface area contributed by atoms with E-state index in [1.807, 2.05) is 48.5 Å². The van der Waals surface area contributed by atoms with Crippen molar-refractivity contribution in [3.8, 4) is 0 Å². The molecule has 2 saturated heterocycles. The molecule has 12 heteroatoms. The van der Waals surface area contributed by atoms with Crippen molar-refractivity contribution in [2.75, 3.05) is 19.6 Å². The average Bonchev–Trinajstić information content (AvgIpc) is 3.66. The second-order valence-electron chi connectivity index (χ2n) is 15.0. The number of piperidine rings is 1. The molecular formula is C32H54N6O6. The van der Waals surface area contributed by atoms with E-state index in [-0.39, 0.29) is 17.7 Å². The summed E-state index contributed by atoms with van der Waals surface area (Å²) in [5, 5.41) is 8.43. The lowest BCUT2D eigenvalue weighted by Gasteiger charge is -2.38. The van der Waals surface area contributed by atoms with E-state index in [2.05, 4.69) is 16.0 Å². The summed E-state index contributed by atoms with van der Waals surface area (Å²) in [6, 6.07) is -4.33. The molecule has 1 saturated carbocycles. The molecule has 3 rings (SSSR count). The minimum atomic E-state index is -1.10. The Balaban J connectivity index is 1.79. The molecule has 1 unspecified atom stereocenters. The largest absolute Gasteiger partial charge is 0.363 e. The molecule has 2 aliphatic heterocycles. The summed E-state index contributed by atoms with van der Waals surface area (Å²) < 4.78 is 0. The topological polar surface area (TPSA) is 171 Å². The number of hydrogen-bond acceptors (Lipinski definition) is 6. The summed E-state index contributed by atoms with van der Waals surface area (Å²) in [4.78, 5) is 82.3. The van der Waals surface area contributed by atoms with Gasteiger partial charge in [-0.25, -0.2) is 4.79 Å². The molecule has 1 aliphatic carbocycles. The summed E-state index contributed by atoms with van der Waals surface area (Å²) in [5.41, 5.74) is 3.97. The Hall–Kier alpha value is -3.18. The number of nitrogens with two attached hydrogens (primary N) is 1. The van der Waals surface area contributed by atoms with Gasteiger partial charge in [0.25, 0.3) is 5.91 Å². The number of rotatable bonds is 11. The molecule has 6 amide bonds. The number of carbonyl (C=O) groups is 6. The van der Waals surface area contributed by atoms with E-state index >= 15 is 0 Å². The van der Waals surface area contributed by atoms with Gasteiger partial charge in [-0.05, 0) is 54.8 Å². The third-order valence-electron chi connectivity index (χ3n) is 9.19. The van der Waals surface area contributed by atoms with Crippen LogP contribution in [0, 0.1) is 22.7 Å². The van der Waals surface area contributed by atoms with Gasteiger partial charge in [-0.3, -0.25) is 24.0 Å². The lowest BCUT2D eigenvalue weighted by molar-refractivity contribution is -0.144. The number of nitrogens with one attached hydrogen (secondary N) is 3. The second kappa shape index (κ2) is 14.3. The molecule has 3 aliphatic rings. The maximum absolute atomic E-state index is 14.2. The number of amides is 6. The van der Waals surface area contributed by atoms with Crippen LogP contribution >= 0.6 is 0 Å². The van der Waals surface area contributed by atoms with Gasteiger partial charge in [0.2, 0.25) is 23.5 Å². The Morgan fingerprint density at radius 3 is 1.80 bits per heavy atom. The van der Waals surface area contributed by atoms with Crippen molar-refractivity contribution in [1.82, 2.24) is 25.8 Å². The second-order valence-corrected chi connectivity index (χ2v) is 15.0. The molecule has 248 valence electrons. The van der Waals surface area contributed by atoms with Gasteiger partial charge in [0.05, 0.1) is 6.04 Å². The van der Waals surface area contributed by atoms with Crippen LogP contribution in [-0.2, 0) is 24.0 Å². The van der Waals surface area contributed by atoms with E-state index in [0.29, 0.717) is 38.9 Å². The smallest absolute Gasteiger partial charge is 0.316 e. The zero-order valence-electron chi connectivity index (χ0n) is 27.7. The van der Waals surface area contributed by atoms with Crippen LogP contribution in [0.5, 0.6) is 0 Å². The first-order chi connectivity index (χ1) is 20.4. The first-order valence-electron chi connectivity index (χ1n) is 16.3. The number of hydrogen-bond donors (Lipinski definition) is 4. The lowest BCUT2D eigenvalue weighted by Crippen LogP contribution is -2.63. The molecule has 0 aromatic carbocycles. The van der Waals surface area contributed by atoms with Crippen molar-refractivity contribution in [3.63, 3.8) is 0 Å². The highest BCUT2D eigenvalue weighted by Crippen LogP contribution is 2.35. The van der Waals surface area contributed by atoms with Gasteiger partial charge >= 0.3 is 6.03 Å². The zero-order chi connectivity index (χ0) is 33.0. The number of urea groups is 1. The Labute approximate surface area is 262 Å². The van der Waals surface area contributed by atoms with E-state index in [4.69, 9.17) is 5.73 Å². The summed E-state index contributed by atoms with van der Waals surface area (Å²) in [6.07, 6.45) is 6.31. The average molecular weight is 619 g/mol. The van der Waals surface area contributed by atoms with Gasteiger partial charge in [0, 0.05) is 19.6 Å². The predicted octanol–water partition coefficient (Wildman–Crippen LogP) is 2.09. The molecule has 0 radical (unpaired) electrons. The van der Waals surface area contributed by atoms with E-state index in [0.717, 1.165) is 32.1 Å². The normalized spacial score (nSPS) is 22.9. The van der Waals surface area contributed by atoms with Gasteiger partial charge in [-0.2, -0.15) is 0 Å². The fraction of sp³-hybridized carbons (Fsp3) is 0.812. The minimum absolute atomic E-state index is 0.140. The highest BCUT2D eigenvalue weighted by Gasteiger charge is 2.47. The van der Waals surface area contributed by atoms with Crippen molar-refractivity contribution in [2.24, 2.45) is 28.4 Å². The van der Waals surface area contributed by atoms with Crippen molar-refractivity contribution >= 4 is 35.4 Å². The van der Waals surface area contributed by atoms with Crippen molar-refractivity contribution < 1.29 is 28.8 Å². The van der Waals surface area contributed by atoms with Crippen molar-refractivity contribution in [2.45, 2.75) is 124 Å². The van der Waals surface area contributed by atoms with Crippen LogP contribution in [-0.4, -0.2) is 89.0 Å². The van der Waals surface area contributed by atoms with Gasteiger partial charge in [0.15, 0.2) is 0 Å². The first kappa shape index (κ1) is 35.3. The molecule has 12 nitrogen and oxygen atoms in total. The fourth-order valence-electron chi connectivity index (χ4n) is 6.30. The standard InChI is InChI=1S/C32H54N6O6/c1-8-20-14-17-38(22(20)27(41)34-21(18-19-12-13-19)23(39)26(33)40)29(43)25(32(5,6)7)36-30(44)35-24(31(2,3)4)28(42)37-15-10-9-11-16-37/h19-22,24-25H,8-18H2,1-7H3,(H2,33,40)(H,34,41)(H2,35,36,44)/t20-,21?,22-,24+,25+/m0/s1. The number of carbonyl (C=O) groups excluding carboxylic acids is 6. The van der Waals surface area contributed by atoms with Gasteiger partial charge in [0.1, 0.15) is 18.1 Å². The molecule has 0 aromatic rings. The number of nitrogens with zero attached hydrogens (tertiary/aromatic N) is 2. The van der Waals surface area contributed by atoms with Crippen LogP contribution in [0.15, 0.2) is 0 Å². The summed E-state index contributed by atoms with van der Waals surface area (Å²) in [7, 11) is 0. The van der Waals surface area contributed by atoms with Crippen LogP contribution in [0.2, 0.25) is 0 Å². The summed E-state index contributed by atoms with van der Waals surface area (Å²) in [5.74, 6) is -2.91. The van der Waals surface area contributed by atoms with E-state index in [9.17, 15) is 28.8 Å². The van der Waals surface area contributed by atoms with E-state index in [1.54, 1.807) is 4.90 Å². The van der Waals surface area contributed by atoms with Crippen molar-refractivity contribution in [3.05, 3.63) is 0 Å². The van der Waals surface area contributed by atoms with E-state index < -0.39 is 64.5 Å². The Morgan fingerprint density at radius 1 is 0.773 bits per heavy atom. The maximum atomic E-state index is 14.2. The Kier molecular flexibility index (Phi) is 11.5. The quantitative estimate of drug-likeness (QED) is 0.258. The molecule has 0 bridgehead atoms. The van der Waals surface area contributed by atoms with Crippen LogP contribution < -0.4 is 21.7 Å². The molecular weight excluding hydrogens is 564 g/mol. The Bertz CT molecular complexity index is 1100. The molecule has 44 heavy (non-hydrogen) atoms. The maximum Gasteiger partial charge on any atom is 0.316 e. The monoisotopic (exact) mass is 618 g/mol. The highest BCUT2D eigenvalue weighted by molar-refractivity contribution is 6.37. The Morgan fingerprint density at radius 2 is 1.32 bits per heavy atom. The third kappa shape index (κ3) is 8.94. The summed E-state index contributed by atoms with van der Waals surface area (Å²) in [6.45, 7) is 14.7. The number of ketones is 1. The van der Waals surface area contributed by atoms with E-state index in [1.165, 1.54) is 4.90 Å². The van der Waals surface area contributed by atoms with Crippen LogP contribution in [0.25, 0.3) is 0 Å². The first-order valence-corrected chi connectivity index (χ1v) is 16.3. The van der Waals surface area contributed by atoms with Gasteiger partial charge in [-0.15, -0.1) is 0 Å². The predicted molar refractivity (Wildman–Crippen MR) is 166 cm³/mol. The van der Waals surface area contributed by atoms with Crippen molar-refractivity contribution in [1.29, 1.82) is 0 Å². The van der Waals surface area contributed by atoms with Crippen LogP contribution in [0.1, 0.15) is 99.8 Å². The molecule has 2 heterocycles. The number of Topliss-reactive ketones (excluding diaryl/α,β-unsaturated/α-hetero) is 1. The molecule has 0 aromatic heterocycles. The molecule has 5 N–H and O–H groups in total. The minimum Gasteiger partial charge on any atom is -0.363 e. The van der Waals surface area contributed by atoms with Crippen LogP contribution in [0.3, 0.4) is 0 Å². The number of likely N-dealkylation sites (tertiary alicyclic amines) is 2.